The van der Waals surface area contributed by atoms with E-state index in [4.69, 9.17) is 25.8 Å². The van der Waals surface area contributed by atoms with Crippen molar-refractivity contribution in [1.82, 2.24) is 0 Å². The van der Waals surface area contributed by atoms with Gasteiger partial charge in [0.05, 0.1) is 0 Å². The van der Waals surface area contributed by atoms with Gasteiger partial charge >= 0.3 is 12.5 Å². The van der Waals surface area contributed by atoms with Gasteiger partial charge in [-0.25, -0.2) is 0 Å². The zero-order chi connectivity index (χ0) is 28.9. The van der Waals surface area contributed by atoms with Crippen LogP contribution in [0.25, 0.3) is 11.1 Å². The van der Waals surface area contributed by atoms with Gasteiger partial charge < -0.3 is 18.9 Å². The predicted octanol–water partition coefficient (Wildman–Crippen LogP) is 9.74. The van der Waals surface area contributed by atoms with Crippen LogP contribution in [-0.2, 0) is 4.74 Å². The monoisotopic (exact) mass is 582 g/mol. The van der Waals surface area contributed by atoms with Crippen LogP contribution in [0.3, 0.4) is 0 Å². The quantitative estimate of drug-likeness (QED) is 0.145. The molecule has 0 amide bonds. The van der Waals surface area contributed by atoms with E-state index in [1.807, 2.05) is 0 Å². The van der Waals surface area contributed by atoms with E-state index >= 15 is 0 Å². The summed E-state index contributed by atoms with van der Waals surface area (Å²) in [6, 6.07) is 24.0. The molecule has 0 spiro atoms. The van der Waals surface area contributed by atoms with Crippen molar-refractivity contribution in [1.29, 1.82) is 0 Å². The van der Waals surface area contributed by atoms with Gasteiger partial charge in [-0.15, -0.1) is 13.2 Å². The summed E-state index contributed by atoms with van der Waals surface area (Å²) in [5, 5.41) is 0.519. The first-order valence-electron chi connectivity index (χ1n) is 11.7. The highest BCUT2D eigenvalue weighted by atomic mass is 35.5. The van der Waals surface area contributed by atoms with Crippen LogP contribution in [0.4, 0.5) is 26.3 Å². The van der Waals surface area contributed by atoms with Crippen LogP contribution < -0.4 is 14.2 Å². The molecule has 2 unspecified atom stereocenters. The van der Waals surface area contributed by atoms with Crippen LogP contribution in [0.5, 0.6) is 23.0 Å². The van der Waals surface area contributed by atoms with Crippen molar-refractivity contribution in [2.75, 3.05) is 0 Å². The van der Waals surface area contributed by atoms with E-state index in [1.165, 1.54) is 54.6 Å². The van der Waals surface area contributed by atoms with Crippen LogP contribution in [0.2, 0.25) is 5.02 Å². The minimum absolute atomic E-state index is 0.139. The second-order valence-electron chi connectivity index (χ2n) is 8.47. The second-order valence-corrected chi connectivity index (χ2v) is 8.90. The summed E-state index contributed by atoms with van der Waals surface area (Å²) in [5.74, 6) is 0.554. The van der Waals surface area contributed by atoms with Gasteiger partial charge in [0.15, 0.2) is 6.10 Å². The molecule has 0 aliphatic heterocycles. The Kier molecular flexibility index (Phi) is 8.80. The molecule has 40 heavy (non-hydrogen) atoms. The zero-order valence-electron chi connectivity index (χ0n) is 20.7. The Bertz CT molecular complexity index is 1410. The average molecular weight is 583 g/mol. The van der Waals surface area contributed by atoms with Crippen LogP contribution in [-0.4, -0.2) is 18.6 Å². The van der Waals surface area contributed by atoms with Gasteiger partial charge in [-0.3, -0.25) is 0 Å². The molecule has 0 bridgehead atoms. The molecule has 2 atom stereocenters. The second kappa shape index (κ2) is 12.1. The molecule has 0 N–H and O–H groups in total. The van der Waals surface area contributed by atoms with Gasteiger partial charge in [-0.05, 0) is 55.0 Å². The van der Waals surface area contributed by atoms with E-state index in [-0.39, 0.29) is 16.9 Å². The van der Waals surface area contributed by atoms with Crippen molar-refractivity contribution in [3.05, 3.63) is 108 Å². The van der Waals surface area contributed by atoms with Gasteiger partial charge in [0, 0.05) is 22.2 Å². The predicted molar refractivity (Wildman–Crippen MR) is 136 cm³/mol. The number of alkyl halides is 6. The lowest BCUT2D eigenvalue weighted by molar-refractivity contribution is -0.274. The maximum absolute atomic E-state index is 13.3. The molecule has 0 aliphatic rings. The van der Waals surface area contributed by atoms with Crippen molar-refractivity contribution in [3.8, 4) is 34.1 Å². The number of hydrogen-bond donors (Lipinski definition) is 0. The molecule has 0 radical (unpaired) electrons. The summed E-state index contributed by atoms with van der Waals surface area (Å²) >= 11 is 5.89. The van der Waals surface area contributed by atoms with Crippen LogP contribution in [0, 0.1) is 0 Å². The maximum Gasteiger partial charge on any atom is 0.573 e. The fourth-order valence-corrected chi connectivity index (χ4v) is 3.67. The lowest BCUT2D eigenvalue weighted by Crippen LogP contribution is -2.31. The number of ether oxygens (including phenoxy) is 4. The number of hydrogen-bond acceptors (Lipinski definition) is 4. The number of para-hydroxylation sites is 1. The number of halogens is 7. The third-order valence-corrected chi connectivity index (χ3v) is 5.75. The summed E-state index contributed by atoms with van der Waals surface area (Å²) in [6.45, 7) is 0.843. The number of rotatable bonds is 9. The Labute approximate surface area is 230 Å². The fraction of sp³-hybridized carbons (Fsp3) is 0.172. The molecule has 4 aromatic carbocycles. The highest BCUT2D eigenvalue weighted by Gasteiger charge is 2.39. The Hall–Kier alpha value is -3.89. The lowest BCUT2D eigenvalue weighted by Gasteiger charge is -2.25. The summed E-state index contributed by atoms with van der Waals surface area (Å²) < 4.78 is 99.4. The average Bonchev–Trinajstić information content (AvgIpc) is 2.89. The highest BCUT2D eigenvalue weighted by molar-refractivity contribution is 6.30. The normalized spacial score (nSPS) is 13.4. The van der Waals surface area contributed by atoms with Gasteiger partial charge in [0.2, 0.25) is 6.29 Å². The third-order valence-electron chi connectivity index (χ3n) is 5.49. The van der Waals surface area contributed by atoms with Crippen molar-refractivity contribution < 1.29 is 45.3 Å². The SMILES string of the molecule is CC(OC(Oc1cccc(Oc2ccc(Cl)cc2)c1)c1ccc(-c2ccccc2OC(F)(F)F)cc1)C(F)(F)F. The van der Waals surface area contributed by atoms with Crippen LogP contribution in [0.1, 0.15) is 18.8 Å². The third kappa shape index (κ3) is 8.06. The van der Waals surface area contributed by atoms with Gasteiger partial charge in [0.25, 0.3) is 0 Å². The first kappa shape index (κ1) is 29.1. The Balaban J connectivity index is 1.60. The molecule has 0 saturated carbocycles. The van der Waals surface area contributed by atoms with Crippen molar-refractivity contribution in [2.45, 2.75) is 31.9 Å². The molecule has 0 heterocycles. The lowest BCUT2D eigenvalue weighted by atomic mass is 10.0. The van der Waals surface area contributed by atoms with E-state index in [0.29, 0.717) is 22.1 Å². The van der Waals surface area contributed by atoms with Crippen molar-refractivity contribution in [2.24, 2.45) is 0 Å². The summed E-state index contributed by atoms with van der Waals surface area (Å²) in [7, 11) is 0. The molecule has 11 heteroatoms. The first-order chi connectivity index (χ1) is 18.9. The smallest absolute Gasteiger partial charge is 0.460 e. The Morgan fingerprint density at radius 1 is 0.700 bits per heavy atom. The Morgan fingerprint density at radius 2 is 1.35 bits per heavy atom. The minimum atomic E-state index is -4.90. The van der Waals surface area contributed by atoms with E-state index in [0.717, 1.165) is 13.0 Å². The fourth-order valence-electron chi connectivity index (χ4n) is 3.55. The number of benzene rings is 4. The van der Waals surface area contributed by atoms with Crippen molar-refractivity contribution in [3.63, 3.8) is 0 Å². The van der Waals surface area contributed by atoms with E-state index in [9.17, 15) is 26.3 Å². The minimum Gasteiger partial charge on any atom is -0.460 e. The van der Waals surface area contributed by atoms with Crippen LogP contribution >= 0.6 is 11.6 Å². The van der Waals surface area contributed by atoms with Gasteiger partial charge in [-0.1, -0.05) is 60.1 Å². The molecule has 4 nitrogen and oxygen atoms in total. The molecule has 0 aromatic heterocycles. The van der Waals surface area contributed by atoms with Crippen LogP contribution in [0.15, 0.2) is 97.1 Å². The molecule has 4 rings (SSSR count). The van der Waals surface area contributed by atoms with Crippen molar-refractivity contribution >= 4 is 11.6 Å². The molecular formula is C29H21ClF6O4. The summed E-state index contributed by atoms with van der Waals surface area (Å²) in [4.78, 5) is 0. The molecule has 0 fully saturated rings. The largest absolute Gasteiger partial charge is 0.573 e. The molecule has 0 aliphatic carbocycles. The topological polar surface area (TPSA) is 36.9 Å². The highest BCUT2D eigenvalue weighted by Crippen LogP contribution is 2.36. The van der Waals surface area contributed by atoms with Gasteiger partial charge in [0.1, 0.15) is 23.0 Å². The van der Waals surface area contributed by atoms with E-state index in [2.05, 4.69) is 4.74 Å². The van der Waals surface area contributed by atoms with E-state index < -0.39 is 30.7 Å². The molecule has 0 saturated heterocycles. The summed E-state index contributed by atoms with van der Waals surface area (Å²) in [5.41, 5.74) is 0.670. The van der Waals surface area contributed by atoms with E-state index in [1.54, 1.807) is 36.4 Å². The molecule has 4 aromatic rings. The molecular weight excluding hydrogens is 562 g/mol. The molecule has 210 valence electrons. The Morgan fingerprint density at radius 3 is 2.00 bits per heavy atom. The summed E-state index contributed by atoms with van der Waals surface area (Å²) in [6.07, 6.45) is -13.3. The first-order valence-corrected chi connectivity index (χ1v) is 12.1. The maximum atomic E-state index is 13.3. The zero-order valence-corrected chi connectivity index (χ0v) is 21.4. The van der Waals surface area contributed by atoms with Gasteiger partial charge in [-0.2, -0.15) is 13.2 Å². The standard InChI is InChI=1S/C29H21ClF6O4/c1-18(28(31,32)33)37-27(39-24-6-4-5-23(17-24)38-22-15-13-21(30)14-16-22)20-11-9-19(10-12-20)25-7-2-3-8-26(25)40-29(34,35)36/h2-18,27H,1H3.